The highest BCUT2D eigenvalue weighted by molar-refractivity contribution is 2.51. The molecule has 96 valence electrons. The molecule has 0 saturated heterocycles. The van der Waals surface area contributed by atoms with E-state index in [9.17, 15) is 0 Å². The summed E-state index contributed by atoms with van der Waals surface area (Å²) < 4.78 is 0. The van der Waals surface area contributed by atoms with Crippen molar-refractivity contribution in [1.82, 2.24) is 0 Å². The third-order valence-electron chi connectivity index (χ3n) is 0. The van der Waals surface area contributed by atoms with Crippen LogP contribution in [0, 0.1) is 0 Å². The molecule has 0 amide bonds. The van der Waals surface area contributed by atoms with Crippen molar-refractivity contribution in [2.24, 2.45) is 0 Å². The summed E-state index contributed by atoms with van der Waals surface area (Å²) in [5.41, 5.74) is 0. The Balaban J connectivity index is 0. The molecule has 0 bridgehead atoms. The van der Waals surface area contributed by atoms with Crippen molar-refractivity contribution in [2.75, 3.05) is 0 Å². The summed E-state index contributed by atoms with van der Waals surface area (Å²) >= 11 is 0. The maximum Gasteiger partial charge on any atom is -0.0776 e. The Morgan fingerprint density at radius 1 is 0.167 bits per heavy atom. The fourth-order valence-electron chi connectivity index (χ4n) is 0. The fourth-order valence-corrected chi connectivity index (χ4v) is 0. The second kappa shape index (κ2) is 768. The van der Waals surface area contributed by atoms with E-state index in [1.54, 1.807) is 0 Å². The van der Waals surface area contributed by atoms with Gasteiger partial charge in [0.05, 0.1) is 0 Å². The summed E-state index contributed by atoms with van der Waals surface area (Å²) in [4.78, 5) is 0. The summed E-state index contributed by atoms with van der Waals surface area (Å²) in [5.74, 6) is 0. The van der Waals surface area contributed by atoms with E-state index in [1.165, 1.54) is 0 Å². The lowest BCUT2D eigenvalue weighted by molar-refractivity contribution is -0.001000. The maximum atomic E-state index is 0. The highest BCUT2D eigenvalue weighted by atomic mass is 127. The van der Waals surface area contributed by atoms with Crippen molar-refractivity contribution in [3.05, 3.63) is 0 Å². The van der Waals surface area contributed by atoms with Gasteiger partial charge >= 0.3 is 0 Å². The molecule has 0 aliphatic heterocycles. The van der Waals surface area contributed by atoms with Crippen LogP contribution < -0.4 is 48.0 Å². The first kappa shape index (κ1) is 980. The van der Waals surface area contributed by atoms with E-state index >= 15 is 0 Å². The SMILES string of the molecule is C.C.C.C.C.C.C.C.C.C.[I-].[I-]. The Morgan fingerprint density at radius 2 is 0.167 bits per heavy atom. The summed E-state index contributed by atoms with van der Waals surface area (Å²) in [6, 6.07) is 0. The predicted molar refractivity (Wildman–Crippen MR) is 67.3 cm³/mol. The first-order chi connectivity index (χ1) is 0. The summed E-state index contributed by atoms with van der Waals surface area (Å²) in [5, 5.41) is 0. The lowest BCUT2D eigenvalue weighted by Gasteiger charge is -1.00. The topological polar surface area (TPSA) is 0 Å². The standard InChI is InChI=1S/10CH4.2HI/h10*1H4;2*1H/p-2. The van der Waals surface area contributed by atoms with Gasteiger partial charge in [-0.3, -0.25) is 0 Å². The Bertz CT molecular complexity index is 7.80. The van der Waals surface area contributed by atoms with E-state index in [4.69, 9.17) is 0 Å². The van der Waals surface area contributed by atoms with Crippen LogP contribution in [0.4, 0.5) is 0 Å². The summed E-state index contributed by atoms with van der Waals surface area (Å²) in [6.07, 6.45) is 0. The second-order valence-electron chi connectivity index (χ2n) is 0. The minimum atomic E-state index is 0. The van der Waals surface area contributed by atoms with Gasteiger partial charge in [0.1, 0.15) is 0 Å². The molecule has 0 radical (unpaired) electrons. The number of hydrogen-bond acceptors (Lipinski definition) is 0. The van der Waals surface area contributed by atoms with Crippen molar-refractivity contribution in [2.45, 2.75) is 74.3 Å². The second-order valence-corrected chi connectivity index (χ2v) is 0. The molecule has 0 fully saturated rings. The molecular formula is C10H40I2-2. The van der Waals surface area contributed by atoms with E-state index < -0.39 is 0 Å². The highest BCUT2D eigenvalue weighted by Crippen LogP contribution is 0.153. The molecule has 0 aliphatic carbocycles. The molecule has 0 nitrogen and oxygen atoms in total. The van der Waals surface area contributed by atoms with Crippen LogP contribution in [-0.2, 0) is 0 Å². The first-order valence-corrected chi connectivity index (χ1v) is 0. The van der Waals surface area contributed by atoms with Crippen LogP contribution in [0.2, 0.25) is 0 Å². The Morgan fingerprint density at radius 3 is 0.167 bits per heavy atom. The predicted octanol–water partition coefficient (Wildman–Crippen LogP) is 0.369. The minimum Gasteiger partial charge on any atom is -1.00 e. The van der Waals surface area contributed by atoms with Gasteiger partial charge in [0.25, 0.3) is 0 Å². The number of rotatable bonds is 0. The minimum absolute atomic E-state index is 0. The van der Waals surface area contributed by atoms with Gasteiger partial charge in [-0.25, -0.2) is 0 Å². The van der Waals surface area contributed by atoms with Crippen molar-refractivity contribution in [3.8, 4) is 0 Å². The van der Waals surface area contributed by atoms with Gasteiger partial charge < -0.3 is 48.0 Å². The molecule has 0 saturated carbocycles. The number of halogens is 2. The van der Waals surface area contributed by atoms with E-state index in [0.717, 1.165) is 0 Å². The average molecular weight is 414 g/mol. The van der Waals surface area contributed by atoms with Crippen LogP contribution in [0.5, 0.6) is 0 Å². The largest absolute Gasteiger partial charge is 1.00 e. The first-order valence-electron chi connectivity index (χ1n) is 0. The van der Waals surface area contributed by atoms with Crippen LogP contribution in [-0.4, -0.2) is 0 Å². The van der Waals surface area contributed by atoms with Crippen LogP contribution in [0.15, 0.2) is 0 Å². The van der Waals surface area contributed by atoms with Crippen molar-refractivity contribution >= 4 is 0 Å². The maximum absolute atomic E-state index is 0. The zero-order valence-electron chi connectivity index (χ0n) is 0.756. The molecule has 0 aromatic heterocycles. The average Bonchev–Trinajstić information content (AvgIpc) is 0. The van der Waals surface area contributed by atoms with Gasteiger partial charge in [-0.15, -0.1) is 0 Å². The van der Waals surface area contributed by atoms with Gasteiger partial charge in [-0.2, -0.15) is 0 Å². The van der Waals surface area contributed by atoms with Gasteiger partial charge in [0.15, 0.2) is 0 Å². The Hall–Kier alpha value is 1.46. The third-order valence-corrected chi connectivity index (χ3v) is 0. The van der Waals surface area contributed by atoms with Gasteiger partial charge in [-0.05, 0) is 0 Å². The lowest BCUT2D eigenvalue weighted by Crippen LogP contribution is -3.00. The van der Waals surface area contributed by atoms with Crippen LogP contribution in [0.25, 0.3) is 0 Å². The normalized spacial score (nSPS) is 0. The quantitative estimate of drug-likeness (QED) is 0.503. The van der Waals surface area contributed by atoms with Crippen molar-refractivity contribution < 1.29 is 48.0 Å². The Labute approximate surface area is 121 Å². The van der Waals surface area contributed by atoms with Crippen LogP contribution in [0.1, 0.15) is 74.3 Å². The zero-order valence-corrected chi connectivity index (χ0v) is 5.07. The molecule has 0 aromatic rings. The molecule has 2 heteroatoms. The summed E-state index contributed by atoms with van der Waals surface area (Å²) in [7, 11) is 0. The Kier molecular flexibility index (Phi) is 62700. The molecule has 0 unspecified atom stereocenters. The van der Waals surface area contributed by atoms with E-state index in [0.29, 0.717) is 0 Å². The van der Waals surface area contributed by atoms with Crippen LogP contribution in [0.3, 0.4) is 0 Å². The molecule has 0 heterocycles. The smallest absolute Gasteiger partial charge is 0.0776 e. The fraction of sp³-hybridized carbons (Fsp3) is 1.00. The van der Waals surface area contributed by atoms with Crippen molar-refractivity contribution in [1.29, 1.82) is 0 Å². The van der Waals surface area contributed by atoms with E-state index in [2.05, 4.69) is 0 Å². The molecule has 0 N–H and O–H groups in total. The van der Waals surface area contributed by atoms with Gasteiger partial charge in [-0.1, -0.05) is 74.3 Å². The molecular weight excluding hydrogens is 374 g/mol. The lowest BCUT2D eigenvalue weighted by atomic mass is 12.0. The van der Waals surface area contributed by atoms with E-state index in [-0.39, 0.29) is 122 Å². The van der Waals surface area contributed by atoms with Crippen LogP contribution >= 0.6 is 0 Å². The third kappa shape index (κ3) is 588. The van der Waals surface area contributed by atoms with Crippen molar-refractivity contribution in [3.63, 3.8) is 0 Å². The number of hydrogen-bond donors (Lipinski definition) is 0. The monoisotopic (exact) mass is 414 g/mol. The molecule has 0 aromatic carbocycles. The summed E-state index contributed by atoms with van der Waals surface area (Å²) in [6.45, 7) is 0. The van der Waals surface area contributed by atoms with Gasteiger partial charge in [0, 0.05) is 0 Å². The molecule has 0 atom stereocenters. The van der Waals surface area contributed by atoms with Gasteiger partial charge in [0.2, 0.25) is 0 Å². The molecule has 0 aliphatic rings. The molecule has 0 rings (SSSR count). The molecule has 0 spiro atoms. The molecule has 12 heavy (non-hydrogen) atoms. The zero-order chi connectivity index (χ0) is 0. The van der Waals surface area contributed by atoms with E-state index in [1.807, 2.05) is 0 Å². The highest BCUT2D eigenvalue weighted by Gasteiger charge is -0.0685.